The molecule has 0 heterocycles. The Morgan fingerprint density at radius 2 is 1.89 bits per heavy atom. The van der Waals surface area contributed by atoms with Crippen molar-refractivity contribution in [3.8, 4) is 0 Å². The number of carbonyl (C=O) groups is 1. The third-order valence-electron chi connectivity index (χ3n) is 2.15. The van der Waals surface area contributed by atoms with E-state index >= 15 is 0 Å². The monoisotopic (exact) mass is 290 g/mol. The summed E-state index contributed by atoms with van der Waals surface area (Å²) in [7, 11) is 0. The van der Waals surface area contributed by atoms with E-state index in [2.05, 4.69) is 10.6 Å². The predicted molar refractivity (Wildman–Crippen MR) is 73.3 cm³/mol. The molecule has 3 N–H and O–H groups in total. The van der Waals surface area contributed by atoms with Gasteiger partial charge in [-0.1, -0.05) is 23.2 Å². The minimum atomic E-state index is -0.396. The molecule has 18 heavy (non-hydrogen) atoms. The summed E-state index contributed by atoms with van der Waals surface area (Å²) in [4.78, 5) is 11.7. The molecule has 0 aliphatic heterocycles. The van der Waals surface area contributed by atoms with Gasteiger partial charge in [-0.05, 0) is 25.1 Å². The molecule has 1 aromatic carbocycles. The van der Waals surface area contributed by atoms with Gasteiger partial charge in [-0.2, -0.15) is 0 Å². The average Bonchev–Trinajstić information content (AvgIpc) is 2.26. The van der Waals surface area contributed by atoms with Gasteiger partial charge in [0, 0.05) is 35.2 Å². The summed E-state index contributed by atoms with van der Waals surface area (Å²) in [6, 6.07) is 4.70. The first-order chi connectivity index (χ1) is 8.49. The second-order valence-corrected chi connectivity index (χ2v) is 4.84. The van der Waals surface area contributed by atoms with Crippen LogP contribution in [0.15, 0.2) is 18.2 Å². The number of hydrogen-bond acceptors (Lipinski definition) is 3. The number of amides is 1. The third-order valence-corrected chi connectivity index (χ3v) is 2.59. The van der Waals surface area contributed by atoms with E-state index in [0.29, 0.717) is 35.2 Å². The molecule has 1 unspecified atom stereocenters. The maximum absolute atomic E-state index is 11.7. The molecule has 1 atom stereocenters. The summed E-state index contributed by atoms with van der Waals surface area (Å²) in [5.74, 6) is -0.224. The molecule has 0 spiro atoms. The lowest BCUT2D eigenvalue weighted by Gasteiger charge is -2.08. The zero-order valence-corrected chi connectivity index (χ0v) is 11.6. The maximum atomic E-state index is 11.7. The van der Waals surface area contributed by atoms with Crippen LogP contribution in [0.3, 0.4) is 0 Å². The Balaban J connectivity index is 2.36. The minimum Gasteiger partial charge on any atom is -0.392 e. The first-order valence-electron chi connectivity index (χ1n) is 5.62. The highest BCUT2D eigenvalue weighted by atomic mass is 35.5. The van der Waals surface area contributed by atoms with Crippen LogP contribution < -0.4 is 10.6 Å². The van der Waals surface area contributed by atoms with Crippen LogP contribution in [0.5, 0.6) is 0 Å². The number of aliphatic hydroxyl groups is 1. The summed E-state index contributed by atoms with van der Waals surface area (Å²) >= 11 is 11.6. The van der Waals surface area contributed by atoms with Crippen molar-refractivity contribution in [2.75, 3.05) is 19.6 Å². The Labute approximate surface area is 116 Å². The Hall–Kier alpha value is -0.810. The Morgan fingerprint density at radius 3 is 2.44 bits per heavy atom. The number of benzene rings is 1. The molecule has 0 saturated heterocycles. The molecule has 6 heteroatoms. The number of carbonyl (C=O) groups excluding carboxylic acids is 1. The van der Waals surface area contributed by atoms with E-state index in [9.17, 15) is 4.79 Å². The van der Waals surface area contributed by atoms with E-state index in [1.54, 1.807) is 25.1 Å². The normalized spacial score (nSPS) is 12.2. The van der Waals surface area contributed by atoms with E-state index in [-0.39, 0.29) is 5.91 Å². The van der Waals surface area contributed by atoms with Crippen molar-refractivity contribution in [1.29, 1.82) is 0 Å². The summed E-state index contributed by atoms with van der Waals surface area (Å²) < 4.78 is 0. The van der Waals surface area contributed by atoms with Crippen molar-refractivity contribution in [3.63, 3.8) is 0 Å². The molecule has 0 radical (unpaired) electrons. The quantitative estimate of drug-likeness (QED) is 0.699. The smallest absolute Gasteiger partial charge is 0.251 e. The maximum Gasteiger partial charge on any atom is 0.251 e. The molecule has 0 saturated carbocycles. The first kappa shape index (κ1) is 15.2. The lowest BCUT2D eigenvalue weighted by Crippen LogP contribution is -2.34. The highest BCUT2D eigenvalue weighted by Crippen LogP contribution is 2.18. The molecular formula is C12H16Cl2N2O2. The van der Waals surface area contributed by atoms with E-state index < -0.39 is 6.10 Å². The van der Waals surface area contributed by atoms with Gasteiger partial charge >= 0.3 is 0 Å². The van der Waals surface area contributed by atoms with Crippen molar-refractivity contribution in [3.05, 3.63) is 33.8 Å². The van der Waals surface area contributed by atoms with E-state index in [4.69, 9.17) is 28.3 Å². The van der Waals surface area contributed by atoms with Crippen LogP contribution in [0.1, 0.15) is 17.3 Å². The van der Waals surface area contributed by atoms with Crippen molar-refractivity contribution in [2.45, 2.75) is 13.0 Å². The summed E-state index contributed by atoms with van der Waals surface area (Å²) in [5.41, 5.74) is 0.433. The van der Waals surface area contributed by atoms with Crippen LogP contribution >= 0.6 is 23.2 Å². The van der Waals surface area contributed by atoms with Gasteiger partial charge in [-0.15, -0.1) is 0 Å². The molecule has 1 rings (SSSR count). The SMILES string of the molecule is CC(O)CNCCNC(=O)c1cc(Cl)cc(Cl)c1. The number of rotatable bonds is 6. The average molecular weight is 291 g/mol. The number of hydrogen-bond donors (Lipinski definition) is 3. The zero-order chi connectivity index (χ0) is 13.5. The molecule has 0 aromatic heterocycles. The zero-order valence-electron chi connectivity index (χ0n) is 10.0. The van der Waals surface area contributed by atoms with Crippen LogP contribution in [0.25, 0.3) is 0 Å². The van der Waals surface area contributed by atoms with Crippen LogP contribution in [-0.4, -0.2) is 36.8 Å². The molecule has 100 valence electrons. The van der Waals surface area contributed by atoms with E-state index in [0.717, 1.165) is 0 Å². The van der Waals surface area contributed by atoms with Crippen molar-refractivity contribution >= 4 is 29.1 Å². The number of aliphatic hydroxyl groups excluding tert-OH is 1. The molecule has 0 bridgehead atoms. The minimum absolute atomic E-state index is 0.224. The van der Waals surface area contributed by atoms with Crippen LogP contribution in [-0.2, 0) is 0 Å². The van der Waals surface area contributed by atoms with E-state index in [1.807, 2.05) is 0 Å². The Morgan fingerprint density at radius 1 is 1.28 bits per heavy atom. The van der Waals surface area contributed by atoms with E-state index in [1.165, 1.54) is 0 Å². The first-order valence-corrected chi connectivity index (χ1v) is 6.37. The largest absolute Gasteiger partial charge is 0.392 e. The molecule has 0 aliphatic carbocycles. The van der Waals surface area contributed by atoms with Crippen LogP contribution in [0.4, 0.5) is 0 Å². The number of halogens is 2. The van der Waals surface area contributed by atoms with Gasteiger partial charge in [-0.3, -0.25) is 4.79 Å². The third kappa shape index (κ3) is 5.69. The highest BCUT2D eigenvalue weighted by molar-refractivity contribution is 6.35. The molecule has 1 aromatic rings. The van der Waals surface area contributed by atoms with Crippen LogP contribution in [0, 0.1) is 0 Å². The predicted octanol–water partition coefficient (Wildman–Crippen LogP) is 1.69. The Bertz CT molecular complexity index is 391. The Kier molecular flexibility index (Phi) is 6.43. The highest BCUT2D eigenvalue weighted by Gasteiger charge is 2.07. The molecule has 0 fully saturated rings. The summed E-state index contributed by atoms with van der Waals surface area (Å²) in [6.07, 6.45) is -0.396. The fraction of sp³-hybridized carbons (Fsp3) is 0.417. The van der Waals surface area contributed by atoms with Gasteiger partial charge in [0.15, 0.2) is 0 Å². The van der Waals surface area contributed by atoms with Gasteiger partial charge < -0.3 is 15.7 Å². The molecule has 1 amide bonds. The summed E-state index contributed by atoms with van der Waals surface area (Å²) in [5, 5.41) is 15.6. The summed E-state index contributed by atoms with van der Waals surface area (Å²) in [6.45, 7) is 3.25. The number of nitrogens with one attached hydrogen (secondary N) is 2. The van der Waals surface area contributed by atoms with Gasteiger partial charge in [0.25, 0.3) is 5.91 Å². The standard InChI is InChI=1S/C12H16Cl2N2O2/c1-8(17)7-15-2-3-16-12(18)9-4-10(13)6-11(14)5-9/h4-6,8,15,17H,2-3,7H2,1H3,(H,16,18). The second-order valence-electron chi connectivity index (χ2n) is 3.97. The topological polar surface area (TPSA) is 61.4 Å². The van der Waals surface area contributed by atoms with Crippen molar-refractivity contribution in [1.82, 2.24) is 10.6 Å². The van der Waals surface area contributed by atoms with Crippen LogP contribution in [0.2, 0.25) is 10.0 Å². The lowest BCUT2D eigenvalue weighted by molar-refractivity contribution is 0.0953. The van der Waals surface area contributed by atoms with Gasteiger partial charge in [0.1, 0.15) is 0 Å². The van der Waals surface area contributed by atoms with Gasteiger partial charge in [0.05, 0.1) is 6.10 Å². The lowest BCUT2D eigenvalue weighted by atomic mass is 10.2. The molecule has 4 nitrogen and oxygen atoms in total. The van der Waals surface area contributed by atoms with Crippen molar-refractivity contribution in [2.24, 2.45) is 0 Å². The fourth-order valence-electron chi connectivity index (χ4n) is 1.36. The van der Waals surface area contributed by atoms with Gasteiger partial charge in [0.2, 0.25) is 0 Å². The molecule has 0 aliphatic rings. The second kappa shape index (κ2) is 7.59. The fourth-order valence-corrected chi connectivity index (χ4v) is 1.89. The van der Waals surface area contributed by atoms with Crippen molar-refractivity contribution < 1.29 is 9.90 Å². The molecular weight excluding hydrogens is 275 g/mol. The van der Waals surface area contributed by atoms with Gasteiger partial charge in [-0.25, -0.2) is 0 Å².